The number of para-hydroxylation sites is 1. The number of hydrogen-bond acceptors (Lipinski definition) is 3. The van der Waals surface area contributed by atoms with Gasteiger partial charge in [0.15, 0.2) is 0 Å². The molecule has 1 radical (unpaired) electrons. The normalized spacial score (nSPS) is 11.6. The Morgan fingerprint density at radius 3 is 2.23 bits per heavy atom. The van der Waals surface area contributed by atoms with Crippen LogP contribution in [0.4, 0.5) is 0 Å². The number of nitrogens with zero attached hydrogens (tertiary/aromatic N) is 2. The van der Waals surface area contributed by atoms with Gasteiger partial charge in [-0.15, -0.1) is 53.2 Å². The van der Waals surface area contributed by atoms with Crippen LogP contribution in [-0.2, 0) is 25.5 Å². The number of pyridine rings is 2. The van der Waals surface area contributed by atoms with Crippen LogP contribution in [-0.4, -0.2) is 18.0 Å². The molecule has 223 valence electrons. The minimum absolute atomic E-state index is 0. The predicted octanol–water partition coefficient (Wildman–Crippen LogP) is 9.93. The van der Waals surface area contributed by atoms with Gasteiger partial charge >= 0.3 is 0 Å². The molecule has 0 atom stereocenters. The second-order valence-electron chi connectivity index (χ2n) is 12.3. The molecule has 3 heterocycles. The maximum atomic E-state index is 6.36. The molecule has 6 rings (SSSR count). The molecule has 0 bridgehead atoms. The molecule has 0 aliphatic rings. The zero-order valence-electron chi connectivity index (χ0n) is 26.2. The molecule has 6 aromatic rings. The zero-order valence-corrected chi connectivity index (χ0v) is 29.6. The van der Waals surface area contributed by atoms with Crippen molar-refractivity contribution in [2.75, 3.05) is 0 Å². The average molecular weight is 761 g/mol. The topological polar surface area (TPSA) is 38.9 Å². The van der Waals surface area contributed by atoms with E-state index in [-0.39, 0.29) is 25.5 Å². The zero-order chi connectivity index (χ0) is 29.9. The summed E-state index contributed by atoms with van der Waals surface area (Å²) in [5.74, 6) is 0. The van der Waals surface area contributed by atoms with Crippen molar-refractivity contribution in [1.29, 1.82) is 0 Å². The van der Waals surface area contributed by atoms with E-state index in [1.54, 1.807) is 0 Å². The van der Waals surface area contributed by atoms with E-state index < -0.39 is 8.07 Å². The molecule has 0 saturated carbocycles. The van der Waals surface area contributed by atoms with Crippen molar-refractivity contribution in [3.8, 4) is 22.5 Å². The van der Waals surface area contributed by atoms with Crippen LogP contribution in [0.5, 0.6) is 0 Å². The predicted molar refractivity (Wildman–Crippen MR) is 180 cm³/mol. The van der Waals surface area contributed by atoms with Crippen molar-refractivity contribution in [2.45, 2.75) is 65.6 Å². The summed E-state index contributed by atoms with van der Waals surface area (Å²) in [5.41, 5.74) is 8.46. The Morgan fingerprint density at radius 2 is 1.60 bits per heavy atom. The van der Waals surface area contributed by atoms with Crippen molar-refractivity contribution in [3.05, 3.63) is 115 Å². The van der Waals surface area contributed by atoms with Crippen LogP contribution in [0.15, 0.2) is 95.7 Å². The van der Waals surface area contributed by atoms with Crippen LogP contribution in [0.1, 0.15) is 44.7 Å². The monoisotopic (exact) mass is 761 g/mol. The van der Waals surface area contributed by atoms with Crippen LogP contribution in [0.2, 0.25) is 19.6 Å². The smallest absolute Gasteiger partial charge is 0.120 e. The molecular weight excluding hydrogens is 721 g/mol. The molecule has 0 aliphatic carbocycles. The number of aromatic nitrogens is 2. The summed E-state index contributed by atoms with van der Waals surface area (Å²) in [6, 6.07) is 33.5. The fourth-order valence-corrected chi connectivity index (χ4v) is 6.85. The Balaban J connectivity index is 0.000000253. The van der Waals surface area contributed by atoms with Gasteiger partial charge in [-0.1, -0.05) is 93.3 Å². The van der Waals surface area contributed by atoms with Gasteiger partial charge in [-0.3, -0.25) is 0 Å². The molecule has 0 unspecified atom stereocenters. The first kappa shape index (κ1) is 32.5. The van der Waals surface area contributed by atoms with Crippen molar-refractivity contribution in [3.63, 3.8) is 0 Å². The number of hydrogen-bond donors (Lipinski definition) is 0. The SMILES string of the molecule is CCC(C)(CC)c1ccc(-c2[c-]cc([Si](C)(C)C)c3c2oc2ccccc23)nc1.Cc1ccnc(-c2[c-]cccc2)c1.[Ir]. The van der Waals surface area contributed by atoms with E-state index in [0.29, 0.717) is 0 Å². The largest absolute Gasteiger partial charge is 0.501 e. The average Bonchev–Trinajstić information content (AvgIpc) is 3.40. The summed E-state index contributed by atoms with van der Waals surface area (Å²) in [6.45, 7) is 16.0. The molecule has 0 amide bonds. The molecule has 0 fully saturated rings. The van der Waals surface area contributed by atoms with Gasteiger partial charge < -0.3 is 14.4 Å². The van der Waals surface area contributed by atoms with Crippen molar-refractivity contribution in [1.82, 2.24) is 9.97 Å². The van der Waals surface area contributed by atoms with E-state index in [1.165, 1.54) is 27.1 Å². The van der Waals surface area contributed by atoms with Crippen LogP contribution in [0, 0.1) is 19.1 Å². The number of rotatable bonds is 6. The summed E-state index contributed by atoms with van der Waals surface area (Å²) in [5, 5.41) is 3.82. The van der Waals surface area contributed by atoms with Gasteiger partial charge in [0.1, 0.15) is 5.58 Å². The van der Waals surface area contributed by atoms with Gasteiger partial charge in [-0.05, 0) is 54.3 Å². The molecule has 0 saturated heterocycles. The second kappa shape index (κ2) is 13.5. The van der Waals surface area contributed by atoms with E-state index in [4.69, 9.17) is 9.40 Å². The van der Waals surface area contributed by atoms with E-state index in [2.05, 4.69) is 107 Å². The molecule has 43 heavy (non-hydrogen) atoms. The number of furan rings is 1. The van der Waals surface area contributed by atoms with Gasteiger partial charge in [0.05, 0.1) is 5.58 Å². The molecule has 0 N–H and O–H groups in total. The van der Waals surface area contributed by atoms with Crippen LogP contribution < -0.4 is 5.19 Å². The minimum Gasteiger partial charge on any atom is -0.501 e. The summed E-state index contributed by atoms with van der Waals surface area (Å²) < 4.78 is 6.36. The van der Waals surface area contributed by atoms with Crippen LogP contribution >= 0.6 is 0 Å². The summed E-state index contributed by atoms with van der Waals surface area (Å²) in [4.78, 5) is 9.12. The molecule has 3 aromatic carbocycles. The van der Waals surface area contributed by atoms with Gasteiger partial charge in [0.2, 0.25) is 0 Å². The molecule has 3 aromatic heterocycles. The summed E-state index contributed by atoms with van der Waals surface area (Å²) in [6.07, 6.45) is 6.08. The number of fused-ring (bicyclic) bond motifs is 3. The second-order valence-corrected chi connectivity index (χ2v) is 17.4. The van der Waals surface area contributed by atoms with E-state index in [1.807, 2.05) is 48.8 Å². The van der Waals surface area contributed by atoms with Gasteiger partial charge in [-0.25, -0.2) is 0 Å². The third-order valence-corrected chi connectivity index (χ3v) is 10.4. The summed E-state index contributed by atoms with van der Waals surface area (Å²) in [7, 11) is -1.56. The molecule has 0 spiro atoms. The Hall–Kier alpha value is -3.37. The fraction of sp³-hybridized carbons (Fsp3) is 0.263. The van der Waals surface area contributed by atoms with Gasteiger partial charge in [-0.2, -0.15) is 0 Å². The van der Waals surface area contributed by atoms with Gasteiger partial charge in [0, 0.05) is 46.0 Å². The maximum absolute atomic E-state index is 6.36. The Labute approximate surface area is 271 Å². The van der Waals surface area contributed by atoms with E-state index in [0.717, 1.165) is 46.5 Å². The Kier molecular flexibility index (Phi) is 10.2. The summed E-state index contributed by atoms with van der Waals surface area (Å²) >= 11 is 0. The molecule has 5 heteroatoms. The molecule has 3 nitrogen and oxygen atoms in total. The standard InChI is InChI=1S/C26H30NOSi.C12H10N.Ir/c1-7-26(3,8-2)18-13-15-21(27-17-18)19-14-16-23(29(4,5)6)24-20-11-9-10-12-22(20)28-25(19)24;1-10-7-8-13-12(9-10)11-5-3-2-4-6-11;/h9-13,15-17H,7-8H2,1-6H3;2-5,7-9H,1H3;/q2*-1;. The third-order valence-electron chi connectivity index (χ3n) is 8.44. The quantitative estimate of drug-likeness (QED) is 0.125. The third kappa shape index (κ3) is 6.91. The van der Waals surface area contributed by atoms with Crippen LogP contribution in [0.25, 0.3) is 44.5 Å². The van der Waals surface area contributed by atoms with E-state index in [9.17, 15) is 0 Å². The van der Waals surface area contributed by atoms with Crippen molar-refractivity contribution in [2.24, 2.45) is 0 Å². The van der Waals surface area contributed by atoms with Gasteiger partial charge in [0.25, 0.3) is 0 Å². The first-order valence-corrected chi connectivity index (χ1v) is 18.4. The minimum atomic E-state index is -1.56. The van der Waals surface area contributed by atoms with Crippen LogP contribution in [0.3, 0.4) is 0 Å². The van der Waals surface area contributed by atoms with E-state index >= 15 is 0 Å². The number of benzene rings is 3. The first-order valence-electron chi connectivity index (χ1n) is 14.9. The van der Waals surface area contributed by atoms with Crippen molar-refractivity contribution < 1.29 is 24.5 Å². The maximum Gasteiger partial charge on any atom is 0.120 e. The molecular formula is C38H40IrN2OSi-2. The number of aryl methyl sites for hydroxylation is 1. The first-order chi connectivity index (χ1) is 20.1. The Morgan fingerprint density at radius 1 is 0.860 bits per heavy atom. The van der Waals surface area contributed by atoms with Crippen molar-refractivity contribution >= 4 is 35.2 Å². The Bertz CT molecular complexity index is 1800. The fourth-order valence-electron chi connectivity index (χ4n) is 5.35. The molecule has 0 aliphatic heterocycles.